The van der Waals surface area contributed by atoms with Crippen LogP contribution in [0.15, 0.2) is 36.4 Å². The first-order valence-electron chi connectivity index (χ1n) is 7.50. The summed E-state index contributed by atoms with van der Waals surface area (Å²) in [5, 5.41) is 9.95. The van der Waals surface area contributed by atoms with E-state index in [0.29, 0.717) is 11.4 Å². The second-order valence-corrected chi connectivity index (χ2v) is 6.46. The third kappa shape index (κ3) is 2.08. The minimum Gasteiger partial charge on any atom is -0.481 e. The number of rotatable bonds is 2. The lowest BCUT2D eigenvalue weighted by Crippen LogP contribution is -2.15. The maximum absolute atomic E-state index is 11.3. The van der Waals surface area contributed by atoms with E-state index in [9.17, 15) is 9.90 Å². The van der Waals surface area contributed by atoms with E-state index in [1.165, 1.54) is 11.1 Å². The van der Waals surface area contributed by atoms with Crippen LogP contribution in [0, 0.1) is 0 Å². The maximum atomic E-state index is 11.3. The quantitative estimate of drug-likeness (QED) is 0.912. The molecule has 1 aliphatic carbocycles. The molecule has 1 aliphatic heterocycles. The van der Waals surface area contributed by atoms with Gasteiger partial charge < -0.3 is 10.0 Å². The van der Waals surface area contributed by atoms with Crippen molar-refractivity contribution in [2.75, 3.05) is 4.90 Å². The van der Waals surface area contributed by atoms with E-state index in [1.54, 1.807) is 0 Å². The molecule has 0 spiro atoms. The van der Waals surface area contributed by atoms with Gasteiger partial charge in [-0.15, -0.1) is 0 Å². The largest absolute Gasteiger partial charge is 0.481 e. The summed E-state index contributed by atoms with van der Waals surface area (Å²) in [6.45, 7) is 1.72. The second kappa shape index (κ2) is 5.03. The minimum atomic E-state index is -0.754. The van der Waals surface area contributed by atoms with E-state index < -0.39 is 11.9 Å². The third-order valence-electron chi connectivity index (χ3n) is 4.77. The number of aliphatic carboxylic acids is 1. The van der Waals surface area contributed by atoms with Gasteiger partial charge in [0.15, 0.2) is 0 Å². The first-order valence-corrected chi connectivity index (χ1v) is 7.88. The molecule has 0 fully saturated rings. The zero-order chi connectivity index (χ0) is 15.3. The van der Waals surface area contributed by atoms with Gasteiger partial charge in [0.05, 0.1) is 16.6 Å². The van der Waals surface area contributed by atoms with Crippen LogP contribution in [0.3, 0.4) is 0 Å². The molecule has 2 aromatic rings. The number of carbonyl (C=O) groups is 1. The fourth-order valence-electron chi connectivity index (χ4n) is 3.62. The number of fused-ring (bicyclic) bond motifs is 2. The van der Waals surface area contributed by atoms with Gasteiger partial charge in [-0.25, -0.2) is 0 Å². The fraction of sp³-hybridized carbons (Fsp3) is 0.278. The highest BCUT2D eigenvalue weighted by molar-refractivity contribution is 6.33. The Balaban J connectivity index is 1.69. The number of carboxylic acids is 1. The Morgan fingerprint density at radius 1 is 1.14 bits per heavy atom. The molecule has 2 aliphatic rings. The van der Waals surface area contributed by atoms with Gasteiger partial charge in [0, 0.05) is 13.1 Å². The van der Waals surface area contributed by atoms with Gasteiger partial charge in [-0.3, -0.25) is 4.79 Å². The van der Waals surface area contributed by atoms with Crippen molar-refractivity contribution in [1.29, 1.82) is 0 Å². The number of hydrogen-bond acceptors (Lipinski definition) is 2. The number of benzene rings is 2. The molecule has 0 amide bonds. The summed E-state index contributed by atoms with van der Waals surface area (Å²) >= 11 is 6.47. The fourth-order valence-corrected chi connectivity index (χ4v) is 3.91. The molecular formula is C18H16ClNO2. The molecule has 0 saturated heterocycles. The van der Waals surface area contributed by atoms with Crippen LogP contribution in [0.2, 0.25) is 5.02 Å². The topological polar surface area (TPSA) is 40.5 Å². The van der Waals surface area contributed by atoms with Crippen molar-refractivity contribution in [2.24, 2.45) is 0 Å². The van der Waals surface area contributed by atoms with Crippen molar-refractivity contribution in [3.05, 3.63) is 63.7 Å². The van der Waals surface area contributed by atoms with Crippen LogP contribution < -0.4 is 4.90 Å². The SMILES string of the molecule is O=C(O)C1CCc2cc(N3Cc4ccccc4C3)c(Cl)cc21. The lowest BCUT2D eigenvalue weighted by atomic mass is 10.0. The lowest BCUT2D eigenvalue weighted by Gasteiger charge is -2.21. The summed E-state index contributed by atoms with van der Waals surface area (Å²) in [5.41, 5.74) is 5.70. The summed E-state index contributed by atoms with van der Waals surface area (Å²) in [7, 11) is 0. The van der Waals surface area contributed by atoms with Gasteiger partial charge in [-0.2, -0.15) is 0 Å². The average molecular weight is 314 g/mol. The van der Waals surface area contributed by atoms with Crippen molar-refractivity contribution in [2.45, 2.75) is 31.8 Å². The second-order valence-electron chi connectivity index (χ2n) is 6.06. The van der Waals surface area contributed by atoms with Crippen molar-refractivity contribution >= 4 is 23.3 Å². The van der Waals surface area contributed by atoms with E-state index in [1.807, 2.05) is 6.07 Å². The normalized spacial score (nSPS) is 19.1. The molecule has 3 nitrogen and oxygen atoms in total. The molecule has 4 rings (SSSR count). The molecule has 0 aromatic heterocycles. The summed E-state index contributed by atoms with van der Waals surface area (Å²) in [4.78, 5) is 13.6. The predicted molar refractivity (Wildman–Crippen MR) is 86.5 cm³/mol. The first kappa shape index (κ1) is 13.6. The number of anilines is 1. The van der Waals surface area contributed by atoms with Crippen molar-refractivity contribution < 1.29 is 9.90 Å². The summed E-state index contributed by atoms with van der Waals surface area (Å²) in [5.74, 6) is -1.16. The molecule has 112 valence electrons. The Morgan fingerprint density at radius 3 is 2.45 bits per heavy atom. The Bertz CT molecular complexity index is 747. The van der Waals surface area contributed by atoms with Crippen molar-refractivity contribution in [3.8, 4) is 0 Å². The van der Waals surface area contributed by atoms with Gasteiger partial charge in [-0.05, 0) is 47.2 Å². The van der Waals surface area contributed by atoms with Crippen molar-refractivity contribution in [3.63, 3.8) is 0 Å². The number of aryl methyl sites for hydroxylation is 1. The molecule has 0 radical (unpaired) electrons. The molecule has 2 aromatic carbocycles. The van der Waals surface area contributed by atoms with Gasteiger partial charge >= 0.3 is 5.97 Å². The molecule has 0 saturated carbocycles. The van der Waals surface area contributed by atoms with Gasteiger partial charge in [-0.1, -0.05) is 35.9 Å². The van der Waals surface area contributed by atoms with E-state index in [0.717, 1.165) is 36.3 Å². The maximum Gasteiger partial charge on any atom is 0.310 e. The molecule has 0 bridgehead atoms. The van der Waals surface area contributed by atoms with E-state index in [-0.39, 0.29) is 0 Å². The summed E-state index contributed by atoms with van der Waals surface area (Å²) in [6, 6.07) is 12.4. The highest BCUT2D eigenvalue weighted by Gasteiger charge is 2.30. The predicted octanol–water partition coefficient (Wildman–Crippen LogP) is 3.97. The van der Waals surface area contributed by atoms with Crippen LogP contribution in [0.4, 0.5) is 5.69 Å². The standard InChI is InChI=1S/C18H16ClNO2/c19-16-8-15-11(5-6-14(15)18(21)22)7-17(16)20-9-12-3-1-2-4-13(12)10-20/h1-4,7-8,14H,5-6,9-10H2,(H,21,22). The van der Waals surface area contributed by atoms with Gasteiger partial charge in [0.2, 0.25) is 0 Å². The van der Waals surface area contributed by atoms with Crippen LogP contribution in [0.1, 0.15) is 34.6 Å². The monoisotopic (exact) mass is 313 g/mol. The first-order chi connectivity index (χ1) is 10.6. The molecule has 22 heavy (non-hydrogen) atoms. The van der Waals surface area contributed by atoms with E-state index in [4.69, 9.17) is 11.6 Å². The van der Waals surface area contributed by atoms with Crippen LogP contribution >= 0.6 is 11.6 Å². The Morgan fingerprint density at radius 2 is 1.82 bits per heavy atom. The molecule has 1 atom stereocenters. The average Bonchev–Trinajstić information content (AvgIpc) is 3.09. The smallest absolute Gasteiger partial charge is 0.310 e. The van der Waals surface area contributed by atoms with Crippen LogP contribution in [0.5, 0.6) is 0 Å². The Labute approximate surface area is 134 Å². The van der Waals surface area contributed by atoms with Gasteiger partial charge in [0.1, 0.15) is 0 Å². The van der Waals surface area contributed by atoms with E-state index >= 15 is 0 Å². The molecule has 1 N–H and O–H groups in total. The number of hydrogen-bond donors (Lipinski definition) is 1. The highest BCUT2D eigenvalue weighted by atomic mass is 35.5. The zero-order valence-corrected chi connectivity index (χ0v) is 12.8. The number of carboxylic acid groups (broad SMARTS) is 1. The Hall–Kier alpha value is -2.00. The van der Waals surface area contributed by atoms with Crippen LogP contribution in [-0.4, -0.2) is 11.1 Å². The molecule has 1 heterocycles. The highest BCUT2D eigenvalue weighted by Crippen LogP contribution is 2.41. The summed E-state index contributed by atoms with van der Waals surface area (Å²) < 4.78 is 0. The van der Waals surface area contributed by atoms with Gasteiger partial charge in [0.25, 0.3) is 0 Å². The van der Waals surface area contributed by atoms with Crippen LogP contribution in [0.25, 0.3) is 0 Å². The van der Waals surface area contributed by atoms with Crippen molar-refractivity contribution in [1.82, 2.24) is 0 Å². The Kier molecular flexibility index (Phi) is 3.12. The summed E-state index contributed by atoms with van der Waals surface area (Å²) in [6.07, 6.45) is 1.49. The minimum absolute atomic E-state index is 0.405. The third-order valence-corrected chi connectivity index (χ3v) is 5.07. The van der Waals surface area contributed by atoms with Crippen LogP contribution in [-0.2, 0) is 24.3 Å². The molecule has 4 heteroatoms. The lowest BCUT2D eigenvalue weighted by molar-refractivity contribution is -0.138. The zero-order valence-electron chi connectivity index (χ0n) is 12.1. The molecule has 1 unspecified atom stereocenters. The van der Waals surface area contributed by atoms with E-state index in [2.05, 4.69) is 35.2 Å². The molecular weight excluding hydrogens is 298 g/mol. The number of nitrogens with zero attached hydrogens (tertiary/aromatic N) is 1. The number of halogens is 1.